The zero-order chi connectivity index (χ0) is 23.1. The number of hydrogen-bond acceptors (Lipinski definition) is 6. The highest BCUT2D eigenvalue weighted by atomic mass is 32.1. The summed E-state index contributed by atoms with van der Waals surface area (Å²) in [5.74, 6) is 1.61. The summed E-state index contributed by atoms with van der Waals surface area (Å²) >= 11 is 1.53. The third-order valence-electron chi connectivity index (χ3n) is 7.59. The fourth-order valence-corrected chi connectivity index (χ4v) is 6.59. The Labute approximate surface area is 203 Å². The second kappa shape index (κ2) is 8.73. The van der Waals surface area contributed by atoms with Gasteiger partial charge in [-0.15, -0.1) is 0 Å². The van der Waals surface area contributed by atoms with Crippen molar-refractivity contribution >= 4 is 17.2 Å². The summed E-state index contributed by atoms with van der Waals surface area (Å²) in [7, 11) is 1.78. The molecule has 2 aliphatic heterocycles. The van der Waals surface area contributed by atoms with Gasteiger partial charge in [-0.05, 0) is 66.2 Å². The molecule has 1 spiro atoms. The fraction of sp³-hybridized carbons (Fsp3) is 0.370. The van der Waals surface area contributed by atoms with Gasteiger partial charge in [-0.25, -0.2) is 0 Å². The van der Waals surface area contributed by atoms with Crippen LogP contribution in [0.25, 0.3) is 0 Å². The van der Waals surface area contributed by atoms with Gasteiger partial charge in [0, 0.05) is 24.4 Å². The van der Waals surface area contributed by atoms with Crippen molar-refractivity contribution in [2.24, 2.45) is 0 Å². The van der Waals surface area contributed by atoms with E-state index >= 15 is 0 Å². The minimum Gasteiger partial charge on any atom is -0.454 e. The predicted octanol–water partition coefficient (Wildman–Crippen LogP) is 4.51. The van der Waals surface area contributed by atoms with E-state index in [9.17, 15) is 4.79 Å². The molecule has 0 unspecified atom stereocenters. The van der Waals surface area contributed by atoms with E-state index in [1.54, 1.807) is 7.11 Å². The van der Waals surface area contributed by atoms with Crippen molar-refractivity contribution in [2.75, 3.05) is 27.0 Å². The number of carbonyl (C=O) groups excluding carboxylic acids is 1. The van der Waals surface area contributed by atoms with Gasteiger partial charge in [0.25, 0.3) is 5.91 Å². The molecule has 34 heavy (non-hydrogen) atoms. The molecule has 3 aromatic rings. The zero-order valence-corrected chi connectivity index (χ0v) is 20.0. The molecule has 1 aliphatic carbocycles. The number of ether oxygens (including phenoxy) is 3. The molecule has 1 amide bonds. The number of rotatable bonds is 5. The Hall–Kier alpha value is -2.87. The molecule has 1 fully saturated rings. The van der Waals surface area contributed by atoms with Gasteiger partial charge in [0.05, 0.1) is 17.7 Å². The number of nitrogens with zero attached hydrogens (tertiary/aromatic N) is 1. The van der Waals surface area contributed by atoms with Gasteiger partial charge in [0.1, 0.15) is 0 Å². The Morgan fingerprint density at radius 1 is 1.15 bits per heavy atom. The normalized spacial score (nSPS) is 22.6. The number of hydrogen-bond donors (Lipinski definition) is 1. The van der Waals surface area contributed by atoms with E-state index in [4.69, 9.17) is 14.2 Å². The van der Waals surface area contributed by atoms with E-state index in [2.05, 4.69) is 46.6 Å². The van der Waals surface area contributed by atoms with Gasteiger partial charge < -0.3 is 19.5 Å². The minimum absolute atomic E-state index is 0.0413. The quantitative estimate of drug-likeness (QED) is 0.587. The van der Waals surface area contributed by atoms with Crippen molar-refractivity contribution < 1.29 is 19.0 Å². The molecule has 1 N–H and O–H groups in total. The van der Waals surface area contributed by atoms with Crippen LogP contribution in [0.3, 0.4) is 0 Å². The number of benzene rings is 2. The van der Waals surface area contributed by atoms with E-state index in [1.165, 1.54) is 28.0 Å². The molecule has 1 saturated heterocycles. The maximum absolute atomic E-state index is 13.0. The molecule has 6 rings (SSSR count). The second-order valence-electron chi connectivity index (χ2n) is 9.33. The second-order valence-corrected chi connectivity index (χ2v) is 10.1. The smallest absolute Gasteiger partial charge is 0.252 e. The summed E-state index contributed by atoms with van der Waals surface area (Å²) in [5.41, 5.74) is 4.33. The fourth-order valence-electron chi connectivity index (χ4n) is 5.95. The summed E-state index contributed by atoms with van der Waals surface area (Å²) in [6, 6.07) is 16.5. The van der Waals surface area contributed by atoms with Crippen molar-refractivity contribution in [3.8, 4) is 11.5 Å². The molecular formula is C27H28N2O4S. The Morgan fingerprint density at radius 2 is 1.97 bits per heavy atom. The van der Waals surface area contributed by atoms with Crippen LogP contribution < -0.4 is 14.8 Å². The minimum atomic E-state index is -0.158. The molecule has 6 nitrogen and oxygen atoms in total. The Bertz CT molecular complexity index is 1190. The molecule has 7 heteroatoms. The van der Waals surface area contributed by atoms with Crippen LogP contribution in [-0.4, -0.2) is 43.9 Å². The lowest BCUT2D eigenvalue weighted by atomic mass is 9.72. The van der Waals surface area contributed by atoms with Crippen LogP contribution in [0.2, 0.25) is 0 Å². The van der Waals surface area contributed by atoms with Crippen LogP contribution in [-0.2, 0) is 16.7 Å². The first-order valence-electron chi connectivity index (χ1n) is 11.7. The molecule has 1 aromatic heterocycles. The molecule has 3 heterocycles. The van der Waals surface area contributed by atoms with Crippen molar-refractivity contribution in [1.82, 2.24) is 10.2 Å². The summed E-state index contributed by atoms with van der Waals surface area (Å²) in [6.45, 7) is 3.11. The largest absolute Gasteiger partial charge is 0.454 e. The number of nitrogens with one attached hydrogen (secondary N) is 1. The van der Waals surface area contributed by atoms with Gasteiger partial charge in [-0.1, -0.05) is 30.3 Å². The van der Waals surface area contributed by atoms with Gasteiger partial charge in [-0.3, -0.25) is 9.69 Å². The van der Waals surface area contributed by atoms with Crippen LogP contribution in [0.4, 0.5) is 0 Å². The third kappa shape index (κ3) is 3.59. The van der Waals surface area contributed by atoms with Crippen molar-refractivity contribution in [2.45, 2.75) is 36.9 Å². The number of piperidine rings is 1. The molecule has 176 valence electrons. The summed E-state index contributed by atoms with van der Waals surface area (Å²) < 4.78 is 17.2. The standard InChI is InChI=1S/C27H28N2O4S/c1-31-25-24(28-26(30)19-8-13-34-16-19)20-4-2-3-5-21(20)27(25)9-11-29(12-10-27)15-18-6-7-22-23(14-18)33-17-32-22/h2-8,13-14,16,24-25H,9-12,15,17H2,1H3,(H,28,30)/t24-,25+/m0/s1. The van der Waals surface area contributed by atoms with Crippen molar-refractivity contribution in [3.05, 3.63) is 81.5 Å². The lowest BCUT2D eigenvalue weighted by molar-refractivity contribution is -0.0122. The van der Waals surface area contributed by atoms with E-state index < -0.39 is 0 Å². The molecule has 0 radical (unpaired) electrons. The number of carbonyl (C=O) groups is 1. The SMILES string of the molecule is CO[C@@H]1[C@@H](NC(=O)c2ccsc2)c2ccccc2C12CCN(Cc1ccc3c(c1)OCO3)CC2. The lowest BCUT2D eigenvalue weighted by Crippen LogP contribution is -2.50. The zero-order valence-electron chi connectivity index (χ0n) is 19.2. The first kappa shape index (κ1) is 21.6. The highest BCUT2D eigenvalue weighted by molar-refractivity contribution is 7.08. The average molecular weight is 477 g/mol. The van der Waals surface area contributed by atoms with Gasteiger partial charge in [0.2, 0.25) is 6.79 Å². The molecular weight excluding hydrogens is 448 g/mol. The predicted molar refractivity (Wildman–Crippen MR) is 131 cm³/mol. The molecule has 3 aliphatic rings. The number of thiophene rings is 1. The number of likely N-dealkylation sites (tertiary alicyclic amines) is 1. The van der Waals surface area contributed by atoms with Crippen LogP contribution in [0.15, 0.2) is 59.3 Å². The van der Waals surface area contributed by atoms with Gasteiger partial charge in [-0.2, -0.15) is 11.3 Å². The maximum Gasteiger partial charge on any atom is 0.252 e. The Morgan fingerprint density at radius 3 is 2.76 bits per heavy atom. The van der Waals surface area contributed by atoms with Crippen molar-refractivity contribution in [1.29, 1.82) is 0 Å². The van der Waals surface area contributed by atoms with Crippen molar-refractivity contribution in [3.63, 3.8) is 0 Å². The lowest BCUT2D eigenvalue weighted by Gasteiger charge is -2.44. The number of fused-ring (bicyclic) bond motifs is 3. The Balaban J connectivity index is 1.22. The van der Waals surface area contributed by atoms with E-state index in [0.717, 1.165) is 44.0 Å². The van der Waals surface area contributed by atoms with Crippen LogP contribution >= 0.6 is 11.3 Å². The summed E-state index contributed by atoms with van der Waals surface area (Å²) in [4.78, 5) is 15.4. The molecule has 2 atom stereocenters. The van der Waals surface area contributed by atoms with E-state index in [0.29, 0.717) is 12.4 Å². The van der Waals surface area contributed by atoms with Crippen LogP contribution in [0.5, 0.6) is 11.5 Å². The van der Waals surface area contributed by atoms with E-state index in [1.807, 2.05) is 22.9 Å². The van der Waals surface area contributed by atoms with Gasteiger partial charge in [0.15, 0.2) is 11.5 Å². The van der Waals surface area contributed by atoms with E-state index in [-0.39, 0.29) is 23.5 Å². The summed E-state index contributed by atoms with van der Waals surface area (Å²) in [5, 5.41) is 7.11. The molecule has 2 aromatic carbocycles. The van der Waals surface area contributed by atoms with Crippen LogP contribution in [0, 0.1) is 0 Å². The van der Waals surface area contributed by atoms with Gasteiger partial charge >= 0.3 is 0 Å². The number of methoxy groups -OCH3 is 1. The first-order valence-corrected chi connectivity index (χ1v) is 12.7. The number of amides is 1. The third-order valence-corrected chi connectivity index (χ3v) is 8.28. The topological polar surface area (TPSA) is 60.0 Å². The monoisotopic (exact) mass is 476 g/mol. The highest BCUT2D eigenvalue weighted by Crippen LogP contribution is 2.52. The Kier molecular flexibility index (Phi) is 5.56. The summed E-state index contributed by atoms with van der Waals surface area (Å²) in [6.07, 6.45) is 1.87. The maximum atomic E-state index is 13.0. The first-order chi connectivity index (χ1) is 16.7. The molecule has 0 saturated carbocycles. The average Bonchev–Trinajstić information content (AvgIpc) is 3.61. The van der Waals surface area contributed by atoms with Crippen LogP contribution in [0.1, 0.15) is 45.9 Å². The molecule has 0 bridgehead atoms. The highest BCUT2D eigenvalue weighted by Gasteiger charge is 2.54.